The molecule has 1 atom stereocenters. The van der Waals surface area contributed by atoms with Crippen LogP contribution in [0.25, 0.3) is 22.5 Å². The molecule has 0 spiro atoms. The SMILES string of the molecule is COc1nc(-c2ccnc(-c3cccc(NC(=O)c4nc5c(n4C)CCN(CCc4cnoc4)C5)c3Cl)c2Cl)ccc1CN(C[C@@H]1CCC(=O)N1)C(=O)O. The van der Waals surface area contributed by atoms with Gasteiger partial charge in [-0.25, -0.2) is 14.8 Å². The molecular weight excluding hydrogens is 737 g/mol. The summed E-state index contributed by atoms with van der Waals surface area (Å²) in [5, 5.41) is 19.9. The number of halogens is 2. The van der Waals surface area contributed by atoms with Crippen LogP contribution in [0.3, 0.4) is 0 Å². The highest BCUT2D eigenvalue weighted by molar-refractivity contribution is 6.39. The number of nitrogens with zero attached hydrogens (tertiary/aromatic N) is 7. The number of anilines is 1. The fourth-order valence-electron chi connectivity index (χ4n) is 6.85. The van der Waals surface area contributed by atoms with Crippen molar-refractivity contribution in [1.82, 2.24) is 39.8 Å². The fraction of sp³-hybridized carbons (Fsp3) is 0.324. The summed E-state index contributed by atoms with van der Waals surface area (Å²) in [6.07, 6.45) is 6.33. The summed E-state index contributed by atoms with van der Waals surface area (Å²) in [6.45, 7) is 2.44. The van der Waals surface area contributed by atoms with E-state index in [9.17, 15) is 19.5 Å². The smallest absolute Gasteiger partial charge is 0.407 e. The van der Waals surface area contributed by atoms with Crippen molar-refractivity contribution in [2.75, 3.05) is 32.1 Å². The first-order chi connectivity index (χ1) is 26.1. The number of amides is 3. The number of benzene rings is 1. The van der Waals surface area contributed by atoms with E-state index in [1.165, 1.54) is 12.0 Å². The molecule has 1 aromatic carbocycles. The van der Waals surface area contributed by atoms with Gasteiger partial charge in [0.1, 0.15) is 6.26 Å². The van der Waals surface area contributed by atoms with Crippen molar-refractivity contribution in [3.05, 3.63) is 93.4 Å². The Morgan fingerprint density at radius 1 is 1.13 bits per heavy atom. The Morgan fingerprint density at radius 2 is 1.98 bits per heavy atom. The van der Waals surface area contributed by atoms with Gasteiger partial charge >= 0.3 is 6.09 Å². The van der Waals surface area contributed by atoms with Gasteiger partial charge < -0.3 is 34.5 Å². The summed E-state index contributed by atoms with van der Waals surface area (Å²) >= 11 is 13.9. The molecule has 3 N–H and O–H groups in total. The van der Waals surface area contributed by atoms with Crippen molar-refractivity contribution in [2.45, 2.75) is 44.8 Å². The van der Waals surface area contributed by atoms with Crippen molar-refractivity contribution < 1.29 is 28.8 Å². The van der Waals surface area contributed by atoms with Crippen LogP contribution in [0.5, 0.6) is 5.88 Å². The Balaban J connectivity index is 1.08. The molecule has 2 aliphatic rings. The number of hydrogen-bond donors (Lipinski definition) is 3. The Labute approximate surface area is 320 Å². The van der Waals surface area contributed by atoms with Crippen LogP contribution in [-0.4, -0.2) is 90.3 Å². The molecule has 6 heterocycles. The first kappa shape index (κ1) is 36.8. The number of hydrogen-bond acceptors (Lipinski definition) is 10. The lowest BCUT2D eigenvalue weighted by Gasteiger charge is -2.26. The molecule has 3 amide bonds. The molecule has 0 saturated carbocycles. The summed E-state index contributed by atoms with van der Waals surface area (Å²) in [7, 11) is 3.30. The second-order valence-corrected chi connectivity index (χ2v) is 13.9. The molecule has 54 heavy (non-hydrogen) atoms. The maximum atomic E-state index is 13.6. The minimum absolute atomic E-state index is 0.00577. The molecule has 0 unspecified atom stereocenters. The summed E-state index contributed by atoms with van der Waals surface area (Å²) in [6, 6.07) is 10.1. The molecule has 280 valence electrons. The normalized spacial score (nSPS) is 15.5. The highest BCUT2D eigenvalue weighted by atomic mass is 35.5. The molecule has 15 nitrogen and oxygen atoms in total. The minimum atomic E-state index is -1.12. The predicted octanol–water partition coefficient (Wildman–Crippen LogP) is 5.46. The van der Waals surface area contributed by atoms with Crippen LogP contribution in [0.4, 0.5) is 10.5 Å². The second kappa shape index (κ2) is 15.8. The van der Waals surface area contributed by atoms with Crippen molar-refractivity contribution in [3.8, 4) is 28.4 Å². The Morgan fingerprint density at radius 3 is 2.72 bits per heavy atom. The topological polar surface area (TPSA) is 181 Å². The predicted molar refractivity (Wildman–Crippen MR) is 199 cm³/mol. The van der Waals surface area contributed by atoms with E-state index in [0.717, 1.165) is 42.9 Å². The average molecular weight is 775 g/mol. The van der Waals surface area contributed by atoms with Crippen LogP contribution in [0.1, 0.15) is 46.0 Å². The van der Waals surface area contributed by atoms with E-state index < -0.39 is 12.0 Å². The molecular formula is C37H37Cl2N9O6. The highest BCUT2D eigenvalue weighted by Crippen LogP contribution is 2.40. The van der Waals surface area contributed by atoms with Gasteiger partial charge in [0.15, 0.2) is 5.82 Å². The number of methoxy groups -OCH3 is 1. The van der Waals surface area contributed by atoms with E-state index in [0.29, 0.717) is 53.2 Å². The van der Waals surface area contributed by atoms with Crippen molar-refractivity contribution in [3.63, 3.8) is 0 Å². The van der Waals surface area contributed by atoms with Gasteiger partial charge in [0, 0.05) is 86.3 Å². The number of carbonyl (C=O) groups is 3. The number of rotatable bonds is 12. The van der Waals surface area contributed by atoms with E-state index in [1.54, 1.807) is 55.1 Å². The van der Waals surface area contributed by atoms with Gasteiger partial charge in [0.2, 0.25) is 11.8 Å². The molecule has 1 saturated heterocycles. The third kappa shape index (κ3) is 7.74. The van der Waals surface area contributed by atoms with Gasteiger partial charge in [-0.15, -0.1) is 0 Å². The van der Waals surface area contributed by atoms with Crippen LogP contribution in [0.2, 0.25) is 10.0 Å². The molecule has 0 bridgehead atoms. The first-order valence-electron chi connectivity index (χ1n) is 17.3. The number of carbonyl (C=O) groups excluding carboxylic acids is 2. The van der Waals surface area contributed by atoms with Gasteiger partial charge in [-0.05, 0) is 37.1 Å². The number of nitrogens with one attached hydrogen (secondary N) is 2. The molecule has 5 aromatic rings. The molecule has 0 aliphatic carbocycles. The number of fused-ring (bicyclic) bond motifs is 1. The minimum Gasteiger partial charge on any atom is -0.481 e. The number of carboxylic acid groups (broad SMARTS) is 1. The molecule has 0 radical (unpaired) electrons. The molecule has 7 rings (SSSR count). The van der Waals surface area contributed by atoms with E-state index in [1.807, 2.05) is 11.6 Å². The lowest BCUT2D eigenvalue weighted by atomic mass is 10.1. The molecule has 4 aromatic heterocycles. The van der Waals surface area contributed by atoms with Gasteiger partial charge in [-0.3, -0.25) is 19.5 Å². The Kier molecular flexibility index (Phi) is 10.8. The molecule has 2 aliphatic heterocycles. The summed E-state index contributed by atoms with van der Waals surface area (Å²) in [5.41, 5.74) is 5.68. The van der Waals surface area contributed by atoms with E-state index in [2.05, 4.69) is 30.7 Å². The summed E-state index contributed by atoms with van der Waals surface area (Å²) in [5.74, 6) is 0.00948. The van der Waals surface area contributed by atoms with Gasteiger partial charge in [-0.1, -0.05) is 40.5 Å². The van der Waals surface area contributed by atoms with Crippen molar-refractivity contribution >= 4 is 46.8 Å². The van der Waals surface area contributed by atoms with Gasteiger partial charge in [0.05, 0.1) is 52.7 Å². The lowest BCUT2D eigenvalue weighted by Crippen LogP contribution is -2.41. The first-order valence-corrected chi connectivity index (χ1v) is 18.1. The highest BCUT2D eigenvalue weighted by Gasteiger charge is 2.28. The van der Waals surface area contributed by atoms with E-state index in [4.69, 9.17) is 37.4 Å². The molecule has 17 heteroatoms. The van der Waals surface area contributed by atoms with Crippen LogP contribution in [0.15, 0.2) is 59.6 Å². The lowest BCUT2D eigenvalue weighted by molar-refractivity contribution is -0.119. The van der Waals surface area contributed by atoms with Gasteiger partial charge in [0.25, 0.3) is 5.91 Å². The average Bonchev–Trinajstić information content (AvgIpc) is 3.92. The summed E-state index contributed by atoms with van der Waals surface area (Å²) in [4.78, 5) is 54.7. The van der Waals surface area contributed by atoms with Crippen LogP contribution >= 0.6 is 23.2 Å². The maximum absolute atomic E-state index is 13.6. The fourth-order valence-corrected chi connectivity index (χ4v) is 7.42. The third-order valence-corrected chi connectivity index (χ3v) is 10.5. The number of pyridine rings is 2. The van der Waals surface area contributed by atoms with E-state index >= 15 is 0 Å². The number of imidazole rings is 1. The standard InChI is InChI=1S/C37H37Cl2N9O6/c1-46-29-12-15-47(14-11-21-16-41-54-20-21)19-28(29)43-34(46)35(50)44-27-5-3-4-25(31(27)38)33-32(39)24(10-13-40-33)26-8-6-22(36(45-26)53-2)17-48(37(51)52)18-23-7-9-30(49)42-23/h3-6,8,10,13,16,20,23H,7,9,11-12,14-15,17-19H2,1-2H3,(H,42,49)(H,44,50)(H,51,52)/t23-/m0/s1. The zero-order valence-corrected chi connectivity index (χ0v) is 31.0. The largest absolute Gasteiger partial charge is 0.481 e. The number of ether oxygens (including phenoxy) is 1. The van der Waals surface area contributed by atoms with Crippen molar-refractivity contribution in [2.24, 2.45) is 7.05 Å². The Hall–Kier alpha value is -5.51. The van der Waals surface area contributed by atoms with Crippen LogP contribution in [0, 0.1) is 0 Å². The summed E-state index contributed by atoms with van der Waals surface area (Å²) < 4.78 is 12.3. The van der Waals surface area contributed by atoms with Gasteiger partial charge in [-0.2, -0.15) is 0 Å². The number of aromatic nitrogens is 5. The maximum Gasteiger partial charge on any atom is 0.407 e. The van der Waals surface area contributed by atoms with Crippen LogP contribution in [-0.2, 0) is 37.8 Å². The quantitative estimate of drug-likeness (QED) is 0.147. The van der Waals surface area contributed by atoms with Crippen LogP contribution < -0.4 is 15.4 Å². The molecule has 1 fully saturated rings. The third-order valence-electron chi connectivity index (χ3n) is 9.70. The zero-order chi connectivity index (χ0) is 37.9. The monoisotopic (exact) mass is 773 g/mol. The second-order valence-electron chi connectivity index (χ2n) is 13.2. The van der Waals surface area contributed by atoms with Crippen molar-refractivity contribution in [1.29, 1.82) is 0 Å². The Bertz CT molecular complexity index is 2210. The van der Waals surface area contributed by atoms with E-state index in [-0.39, 0.29) is 46.8 Å². The zero-order valence-electron chi connectivity index (χ0n) is 29.5.